The average molecular weight is 448 g/mol. The Kier molecular flexibility index (Phi) is 7.18. The van der Waals surface area contributed by atoms with E-state index in [0.29, 0.717) is 45.2 Å². The van der Waals surface area contributed by atoms with Gasteiger partial charge in [-0.25, -0.2) is 0 Å². The van der Waals surface area contributed by atoms with Gasteiger partial charge in [-0.2, -0.15) is 0 Å². The summed E-state index contributed by atoms with van der Waals surface area (Å²) in [6.07, 6.45) is 5.27. The Balaban J connectivity index is 1.53. The Hall–Kier alpha value is -3.06. The molecule has 1 radical (unpaired) electrons. The van der Waals surface area contributed by atoms with Crippen molar-refractivity contribution in [3.05, 3.63) is 69.5 Å². The van der Waals surface area contributed by atoms with Gasteiger partial charge >= 0.3 is 0 Å². The number of pyridine rings is 1. The fourth-order valence-corrected chi connectivity index (χ4v) is 4.39. The van der Waals surface area contributed by atoms with Crippen LogP contribution in [0.3, 0.4) is 0 Å². The normalized spacial score (nSPS) is 16.5. The van der Waals surface area contributed by atoms with E-state index in [9.17, 15) is 9.59 Å². The minimum atomic E-state index is -0.379. The monoisotopic (exact) mass is 447 g/mol. The van der Waals surface area contributed by atoms with Gasteiger partial charge in [-0.3, -0.25) is 19.6 Å². The first-order valence-corrected chi connectivity index (χ1v) is 11.6. The second kappa shape index (κ2) is 10.3. The van der Waals surface area contributed by atoms with Crippen molar-refractivity contribution in [2.24, 2.45) is 4.99 Å². The number of ether oxygens (including phenoxy) is 1. The highest BCUT2D eigenvalue weighted by atomic mass is 16.5. The lowest BCUT2D eigenvalue weighted by Gasteiger charge is -2.28. The Bertz CT molecular complexity index is 1150. The maximum atomic E-state index is 13.3. The maximum Gasteiger partial charge on any atom is 0.255 e. The van der Waals surface area contributed by atoms with Crippen LogP contribution in [0, 0.1) is 19.9 Å². The predicted molar refractivity (Wildman–Crippen MR) is 126 cm³/mol. The van der Waals surface area contributed by atoms with Crippen molar-refractivity contribution in [2.75, 3.05) is 26.3 Å². The van der Waals surface area contributed by atoms with Crippen LogP contribution in [0.25, 0.3) is 6.08 Å². The molecule has 0 saturated carbocycles. The first-order chi connectivity index (χ1) is 16.0. The SMILES string of the molecule is CCc1ccc(C)c2c1=C[C](C(=O)NC(CCC(=O)N1CCOCC1)c1ncccc1C)N=2. The standard InChI is InChI=1S/C26H31N4O3/c1-4-19-8-7-18(3)24-20(19)16-22(28-24)26(32)29-21(25-17(2)6-5-11-27-25)9-10-23(31)30-12-14-33-15-13-30/h5-8,11,16,21H,4,9-10,12-15H2,1-3H3,(H,29,32). The third-order valence-electron chi connectivity index (χ3n) is 6.33. The van der Waals surface area contributed by atoms with Crippen molar-refractivity contribution >= 4 is 17.9 Å². The lowest BCUT2D eigenvalue weighted by Crippen LogP contribution is -2.41. The van der Waals surface area contributed by atoms with Crippen LogP contribution in [0.5, 0.6) is 0 Å². The highest BCUT2D eigenvalue weighted by Gasteiger charge is 2.27. The number of aryl methyl sites for hydroxylation is 3. The molecular formula is C26H31N4O3. The van der Waals surface area contributed by atoms with Crippen molar-refractivity contribution in [2.45, 2.75) is 46.1 Å². The molecule has 7 nitrogen and oxygen atoms in total. The predicted octanol–water partition coefficient (Wildman–Crippen LogP) is 1.70. The lowest BCUT2D eigenvalue weighted by molar-refractivity contribution is -0.135. The molecule has 1 fully saturated rings. The Morgan fingerprint density at radius 2 is 1.94 bits per heavy atom. The molecule has 4 rings (SSSR count). The maximum absolute atomic E-state index is 13.3. The second-order valence-electron chi connectivity index (χ2n) is 8.56. The van der Waals surface area contributed by atoms with E-state index in [0.717, 1.165) is 33.8 Å². The number of amides is 2. The van der Waals surface area contributed by atoms with E-state index in [-0.39, 0.29) is 17.9 Å². The Morgan fingerprint density at radius 1 is 1.15 bits per heavy atom. The molecule has 2 amide bonds. The van der Waals surface area contributed by atoms with Crippen molar-refractivity contribution in [3.63, 3.8) is 0 Å². The number of morpholine rings is 1. The molecule has 1 aromatic heterocycles. The zero-order valence-electron chi connectivity index (χ0n) is 19.6. The fraction of sp³-hybridized carbons (Fsp3) is 0.423. The van der Waals surface area contributed by atoms with E-state index in [1.165, 1.54) is 5.56 Å². The third kappa shape index (κ3) is 5.14. The summed E-state index contributed by atoms with van der Waals surface area (Å²) in [5.41, 5.74) is 3.98. The van der Waals surface area contributed by atoms with E-state index in [1.807, 2.05) is 43.0 Å². The summed E-state index contributed by atoms with van der Waals surface area (Å²) < 4.78 is 5.34. The molecule has 1 unspecified atom stereocenters. The highest BCUT2D eigenvalue weighted by molar-refractivity contribution is 5.98. The van der Waals surface area contributed by atoms with Crippen molar-refractivity contribution in [1.29, 1.82) is 0 Å². The number of nitrogens with one attached hydrogen (secondary N) is 1. The summed E-state index contributed by atoms with van der Waals surface area (Å²) in [4.78, 5) is 37.0. The van der Waals surface area contributed by atoms with E-state index in [2.05, 4.69) is 28.3 Å². The molecule has 1 aromatic carbocycles. The van der Waals surface area contributed by atoms with E-state index >= 15 is 0 Å². The van der Waals surface area contributed by atoms with Crippen LogP contribution in [0.2, 0.25) is 0 Å². The van der Waals surface area contributed by atoms with E-state index < -0.39 is 0 Å². The van der Waals surface area contributed by atoms with E-state index in [1.54, 1.807) is 6.20 Å². The van der Waals surface area contributed by atoms with Crippen LogP contribution >= 0.6 is 0 Å². The summed E-state index contributed by atoms with van der Waals surface area (Å²) in [5.74, 6) is -0.173. The third-order valence-corrected chi connectivity index (χ3v) is 6.33. The number of aromatic nitrogens is 1. The number of hydrogen-bond acceptors (Lipinski definition) is 5. The number of carbonyl (C=O) groups excluding carboxylic acids is 2. The molecule has 2 aliphatic rings. The Labute approximate surface area is 194 Å². The number of carbonyl (C=O) groups is 2. The number of rotatable bonds is 7. The molecule has 1 N–H and O–H groups in total. The number of hydrogen-bond donors (Lipinski definition) is 1. The first kappa shape index (κ1) is 23.1. The van der Waals surface area contributed by atoms with Crippen LogP contribution in [-0.2, 0) is 20.7 Å². The van der Waals surface area contributed by atoms with Gasteiger partial charge in [0.05, 0.1) is 30.3 Å². The zero-order chi connectivity index (χ0) is 23.4. The summed E-state index contributed by atoms with van der Waals surface area (Å²) in [6, 6.07) is 8.00. The van der Waals surface area contributed by atoms with Crippen LogP contribution in [0.1, 0.15) is 48.2 Å². The first-order valence-electron chi connectivity index (χ1n) is 11.6. The Morgan fingerprint density at radius 3 is 2.67 bits per heavy atom. The minimum Gasteiger partial charge on any atom is -0.378 e. The molecule has 33 heavy (non-hydrogen) atoms. The van der Waals surface area contributed by atoms with Crippen LogP contribution in [0.15, 0.2) is 35.5 Å². The lowest BCUT2D eigenvalue weighted by atomic mass is 10.0. The largest absolute Gasteiger partial charge is 0.378 e. The molecule has 2 aromatic rings. The van der Waals surface area contributed by atoms with Gasteiger partial charge < -0.3 is 15.0 Å². The number of benzene rings is 1. The smallest absolute Gasteiger partial charge is 0.255 e. The molecule has 173 valence electrons. The summed E-state index contributed by atoms with van der Waals surface area (Å²) in [6.45, 7) is 8.44. The fourth-order valence-electron chi connectivity index (χ4n) is 4.39. The zero-order valence-corrected chi connectivity index (χ0v) is 19.6. The van der Waals surface area contributed by atoms with Crippen molar-refractivity contribution in [1.82, 2.24) is 15.2 Å². The molecule has 1 atom stereocenters. The van der Waals surface area contributed by atoms with Gasteiger partial charge in [0.25, 0.3) is 5.91 Å². The van der Waals surface area contributed by atoms with Crippen molar-refractivity contribution < 1.29 is 14.3 Å². The molecule has 2 aliphatic heterocycles. The molecule has 3 heterocycles. The summed E-state index contributed by atoms with van der Waals surface area (Å²) in [7, 11) is 0. The molecule has 7 heteroatoms. The highest BCUT2D eigenvalue weighted by Crippen LogP contribution is 2.22. The molecule has 0 spiro atoms. The van der Waals surface area contributed by atoms with Gasteiger partial charge in [0.1, 0.15) is 0 Å². The number of nitrogens with zero attached hydrogens (tertiary/aromatic N) is 3. The quantitative estimate of drug-likeness (QED) is 0.700. The molecule has 0 bridgehead atoms. The van der Waals surface area contributed by atoms with Crippen molar-refractivity contribution in [3.8, 4) is 0 Å². The number of fused-ring (bicyclic) bond motifs is 1. The molecule has 0 aliphatic carbocycles. The molecular weight excluding hydrogens is 416 g/mol. The van der Waals surface area contributed by atoms with Crippen LogP contribution in [-0.4, -0.2) is 48.0 Å². The van der Waals surface area contributed by atoms with Gasteiger partial charge in [0.15, 0.2) is 6.04 Å². The van der Waals surface area contributed by atoms with Gasteiger partial charge in [0, 0.05) is 30.9 Å². The average Bonchev–Trinajstić information content (AvgIpc) is 3.29. The van der Waals surface area contributed by atoms with Gasteiger partial charge in [0.2, 0.25) is 5.91 Å². The summed E-state index contributed by atoms with van der Waals surface area (Å²) >= 11 is 0. The van der Waals surface area contributed by atoms with Gasteiger partial charge in [-0.1, -0.05) is 25.1 Å². The second-order valence-corrected chi connectivity index (χ2v) is 8.56. The van der Waals surface area contributed by atoms with Gasteiger partial charge in [-0.05, 0) is 55.5 Å². The summed E-state index contributed by atoms with van der Waals surface area (Å²) in [5, 5.41) is 5.00. The van der Waals surface area contributed by atoms with Crippen LogP contribution < -0.4 is 15.9 Å². The van der Waals surface area contributed by atoms with Crippen LogP contribution in [0.4, 0.5) is 0 Å². The van der Waals surface area contributed by atoms with E-state index in [4.69, 9.17) is 4.74 Å². The minimum absolute atomic E-state index is 0.0755. The topological polar surface area (TPSA) is 83.9 Å². The van der Waals surface area contributed by atoms with Gasteiger partial charge in [-0.15, -0.1) is 0 Å². The molecule has 1 saturated heterocycles.